The Hall–Kier alpha value is -4.01. The quantitative estimate of drug-likeness (QED) is 0.362. The number of methoxy groups -OCH3 is 2. The zero-order valence-corrected chi connectivity index (χ0v) is 23.4. The largest absolute Gasteiger partial charge is 0.491 e. The van der Waals surface area contributed by atoms with Gasteiger partial charge >= 0.3 is 6.09 Å². The Labute approximate surface area is 238 Å². The van der Waals surface area contributed by atoms with E-state index < -0.39 is 6.09 Å². The standard InChI is InChI=1S/C27H36N8O6/c1-37-13-3-7-29-25-30-17-19(18-31-25)41-27(36)33-26-32-22-20(24-28-8-10-35(24)26)5-6-21(23(22)38-2)40-14-4-9-34-11-15-39-16-12-34/h5-6,17-18H,3-4,7-16H2,1-2H3,(H,29,30,31)(H,32,33,36). The summed E-state index contributed by atoms with van der Waals surface area (Å²) in [5, 5.41) is 5.82. The fourth-order valence-corrected chi connectivity index (χ4v) is 4.70. The molecule has 0 saturated carbocycles. The molecule has 0 aliphatic carbocycles. The van der Waals surface area contributed by atoms with Crippen molar-refractivity contribution in [2.75, 3.05) is 85.2 Å². The van der Waals surface area contributed by atoms with E-state index >= 15 is 0 Å². The van der Waals surface area contributed by atoms with Crippen molar-refractivity contribution < 1.29 is 28.5 Å². The molecular weight excluding hydrogens is 532 g/mol. The number of carbonyl (C=O) groups is 1. The number of nitrogens with zero attached hydrogens (tertiary/aromatic N) is 6. The first-order valence-corrected chi connectivity index (χ1v) is 13.7. The lowest BCUT2D eigenvalue weighted by molar-refractivity contribution is 0.0357. The number of fused-ring (bicyclic) bond motifs is 3. The molecule has 3 aliphatic rings. The number of amidine groups is 1. The molecule has 0 unspecified atom stereocenters. The highest BCUT2D eigenvalue weighted by molar-refractivity contribution is 6.18. The number of benzene rings is 1. The molecule has 3 aliphatic heterocycles. The van der Waals surface area contributed by atoms with E-state index in [9.17, 15) is 4.79 Å². The first-order valence-electron chi connectivity index (χ1n) is 13.7. The Morgan fingerprint density at radius 3 is 2.68 bits per heavy atom. The van der Waals surface area contributed by atoms with Crippen LogP contribution in [0.2, 0.25) is 0 Å². The third-order valence-corrected chi connectivity index (χ3v) is 6.70. The Morgan fingerprint density at radius 1 is 1.07 bits per heavy atom. The molecule has 0 radical (unpaired) electrons. The van der Waals surface area contributed by atoms with E-state index in [1.54, 1.807) is 14.2 Å². The zero-order chi connectivity index (χ0) is 28.4. The van der Waals surface area contributed by atoms with Crippen LogP contribution in [-0.2, 0) is 9.47 Å². The van der Waals surface area contributed by atoms with Gasteiger partial charge in [0.2, 0.25) is 11.9 Å². The van der Waals surface area contributed by atoms with Crippen LogP contribution in [0.25, 0.3) is 0 Å². The van der Waals surface area contributed by atoms with Crippen LogP contribution in [0.5, 0.6) is 17.2 Å². The number of rotatable bonds is 12. The summed E-state index contributed by atoms with van der Waals surface area (Å²) in [7, 11) is 3.23. The number of guanidine groups is 1. The van der Waals surface area contributed by atoms with Gasteiger partial charge in [0.25, 0.3) is 0 Å². The van der Waals surface area contributed by atoms with E-state index in [1.165, 1.54) is 12.4 Å². The Morgan fingerprint density at radius 2 is 1.90 bits per heavy atom. The van der Waals surface area contributed by atoms with Crippen LogP contribution >= 0.6 is 0 Å². The summed E-state index contributed by atoms with van der Waals surface area (Å²) < 4.78 is 27.7. The molecule has 41 heavy (non-hydrogen) atoms. The predicted molar refractivity (Wildman–Crippen MR) is 152 cm³/mol. The topological polar surface area (TPSA) is 144 Å². The molecule has 1 aromatic carbocycles. The molecule has 0 bridgehead atoms. The SMILES string of the molecule is COCCCNc1ncc(OC(=O)NC2=Nc3c(ccc(OCCCN4CCOCC4)c3OC)C3=NCCN23)cn1. The summed E-state index contributed by atoms with van der Waals surface area (Å²) in [6.07, 6.45) is 3.82. The molecule has 1 saturated heterocycles. The van der Waals surface area contributed by atoms with Crippen molar-refractivity contribution in [2.45, 2.75) is 12.8 Å². The van der Waals surface area contributed by atoms with Crippen LogP contribution in [0.3, 0.4) is 0 Å². The van der Waals surface area contributed by atoms with Crippen LogP contribution in [0.15, 0.2) is 34.5 Å². The number of hydrogen-bond acceptors (Lipinski definition) is 13. The van der Waals surface area contributed by atoms with Gasteiger partial charge in [-0.05, 0) is 25.0 Å². The number of aromatic nitrogens is 2. The minimum Gasteiger partial charge on any atom is -0.491 e. The van der Waals surface area contributed by atoms with E-state index in [4.69, 9.17) is 28.7 Å². The molecular formula is C27H36N8O6. The highest BCUT2D eigenvalue weighted by atomic mass is 16.6. The maximum atomic E-state index is 12.8. The first-order chi connectivity index (χ1) is 20.2. The third-order valence-electron chi connectivity index (χ3n) is 6.70. The minimum absolute atomic E-state index is 0.197. The Balaban J connectivity index is 1.23. The van der Waals surface area contributed by atoms with Gasteiger partial charge in [0.15, 0.2) is 17.2 Å². The van der Waals surface area contributed by atoms with Gasteiger partial charge in [-0.15, -0.1) is 0 Å². The second kappa shape index (κ2) is 14.1. The van der Waals surface area contributed by atoms with Crippen LogP contribution in [0.1, 0.15) is 18.4 Å². The molecule has 0 spiro atoms. The van der Waals surface area contributed by atoms with Crippen molar-refractivity contribution in [3.63, 3.8) is 0 Å². The molecule has 14 nitrogen and oxygen atoms in total. The van der Waals surface area contributed by atoms with E-state index in [0.717, 1.165) is 51.3 Å². The van der Waals surface area contributed by atoms with Crippen molar-refractivity contribution >= 4 is 29.5 Å². The summed E-state index contributed by atoms with van der Waals surface area (Å²) in [6, 6.07) is 3.80. The second-order valence-electron chi connectivity index (χ2n) is 9.47. The number of morpholine rings is 1. The van der Waals surface area contributed by atoms with Gasteiger partial charge in [-0.3, -0.25) is 20.1 Å². The molecule has 2 N–H and O–H groups in total. The van der Waals surface area contributed by atoms with E-state index in [1.807, 2.05) is 17.0 Å². The van der Waals surface area contributed by atoms with Gasteiger partial charge in [-0.25, -0.2) is 19.8 Å². The van der Waals surface area contributed by atoms with Crippen LogP contribution in [-0.4, -0.2) is 118 Å². The summed E-state index contributed by atoms with van der Waals surface area (Å²) >= 11 is 0. The number of ether oxygens (including phenoxy) is 5. The van der Waals surface area contributed by atoms with Gasteiger partial charge in [-0.2, -0.15) is 0 Å². The molecule has 1 fully saturated rings. The highest BCUT2D eigenvalue weighted by Crippen LogP contribution is 2.43. The maximum Gasteiger partial charge on any atom is 0.419 e. The number of nitrogens with one attached hydrogen (secondary N) is 2. The van der Waals surface area contributed by atoms with Gasteiger partial charge in [0.1, 0.15) is 11.5 Å². The monoisotopic (exact) mass is 568 g/mol. The van der Waals surface area contributed by atoms with Crippen molar-refractivity contribution in [1.82, 2.24) is 25.1 Å². The summed E-state index contributed by atoms with van der Waals surface area (Å²) in [4.78, 5) is 34.8. The number of aliphatic imine (C=N–C) groups is 2. The molecule has 1 amide bonds. The van der Waals surface area contributed by atoms with E-state index in [-0.39, 0.29) is 5.75 Å². The molecule has 1 aromatic heterocycles. The molecule has 0 atom stereocenters. The fraction of sp³-hybridized carbons (Fsp3) is 0.519. The first kappa shape index (κ1) is 28.5. The zero-order valence-electron chi connectivity index (χ0n) is 23.4. The summed E-state index contributed by atoms with van der Waals surface area (Å²) in [6.45, 7) is 7.35. The fourth-order valence-electron chi connectivity index (χ4n) is 4.70. The molecule has 4 heterocycles. The van der Waals surface area contributed by atoms with Crippen LogP contribution in [0.4, 0.5) is 16.4 Å². The summed E-state index contributed by atoms with van der Waals surface area (Å²) in [5.74, 6) is 2.69. The average molecular weight is 569 g/mol. The minimum atomic E-state index is -0.725. The number of anilines is 1. The third kappa shape index (κ3) is 7.20. The predicted octanol–water partition coefficient (Wildman–Crippen LogP) is 1.89. The smallest absolute Gasteiger partial charge is 0.419 e. The molecule has 14 heteroatoms. The lowest BCUT2D eigenvalue weighted by Gasteiger charge is -2.28. The highest BCUT2D eigenvalue weighted by Gasteiger charge is 2.33. The normalized spacial score (nSPS) is 16.3. The summed E-state index contributed by atoms with van der Waals surface area (Å²) in [5.41, 5.74) is 1.35. The van der Waals surface area contributed by atoms with Gasteiger partial charge in [-0.1, -0.05) is 0 Å². The second-order valence-corrected chi connectivity index (χ2v) is 9.47. The van der Waals surface area contributed by atoms with E-state index in [0.29, 0.717) is 67.8 Å². The van der Waals surface area contributed by atoms with Crippen molar-refractivity contribution in [2.24, 2.45) is 9.98 Å². The number of carbonyl (C=O) groups excluding carboxylic acids is 1. The van der Waals surface area contributed by atoms with Gasteiger partial charge in [0, 0.05) is 52.0 Å². The van der Waals surface area contributed by atoms with Crippen molar-refractivity contribution in [1.29, 1.82) is 0 Å². The van der Waals surface area contributed by atoms with E-state index in [2.05, 4.69) is 30.5 Å². The molecule has 2 aromatic rings. The Bertz CT molecular complexity index is 1250. The lowest BCUT2D eigenvalue weighted by Crippen LogP contribution is -2.48. The van der Waals surface area contributed by atoms with Gasteiger partial charge in [0.05, 0.1) is 45.9 Å². The number of hydrogen-bond donors (Lipinski definition) is 2. The number of amides is 1. The molecule has 5 rings (SSSR count). The van der Waals surface area contributed by atoms with Crippen LogP contribution < -0.4 is 24.8 Å². The maximum absolute atomic E-state index is 12.8. The van der Waals surface area contributed by atoms with Crippen molar-refractivity contribution in [3.05, 3.63) is 30.1 Å². The van der Waals surface area contributed by atoms with Gasteiger partial charge < -0.3 is 29.0 Å². The average Bonchev–Trinajstić information content (AvgIpc) is 3.49. The molecule has 220 valence electrons. The Kier molecular flexibility index (Phi) is 9.78. The van der Waals surface area contributed by atoms with Crippen LogP contribution in [0, 0.1) is 0 Å². The van der Waals surface area contributed by atoms with Crippen molar-refractivity contribution in [3.8, 4) is 17.2 Å². The lowest BCUT2D eigenvalue weighted by atomic mass is 10.1.